The van der Waals surface area contributed by atoms with Crippen LogP contribution in [0.15, 0.2) is 29.3 Å². The second-order valence-electron chi connectivity index (χ2n) is 7.53. The zero-order valence-electron chi connectivity index (χ0n) is 17.3. The molecule has 1 aromatic carbocycles. The van der Waals surface area contributed by atoms with Crippen LogP contribution in [0.5, 0.6) is 5.75 Å². The molecule has 3 rings (SSSR count). The summed E-state index contributed by atoms with van der Waals surface area (Å²) in [4.78, 5) is 7.36. The van der Waals surface area contributed by atoms with Crippen LogP contribution >= 0.6 is 35.7 Å². The predicted molar refractivity (Wildman–Crippen MR) is 133 cm³/mol. The molecule has 1 aliphatic carbocycles. The van der Waals surface area contributed by atoms with Crippen molar-refractivity contribution in [3.8, 4) is 5.75 Å². The van der Waals surface area contributed by atoms with E-state index in [1.807, 2.05) is 17.8 Å². The molecule has 0 radical (unpaired) electrons. The third-order valence-corrected chi connectivity index (χ3v) is 6.71. The number of anilines is 1. The number of ether oxygens (including phenoxy) is 1. The van der Waals surface area contributed by atoms with Crippen molar-refractivity contribution in [2.24, 2.45) is 10.9 Å². The molecule has 3 atom stereocenters. The number of methoxy groups -OCH3 is 1. The van der Waals surface area contributed by atoms with Crippen LogP contribution in [-0.2, 0) is 0 Å². The van der Waals surface area contributed by atoms with E-state index in [4.69, 9.17) is 9.73 Å². The number of guanidine groups is 1. The Bertz CT molecular complexity index is 630. The van der Waals surface area contributed by atoms with E-state index in [1.54, 1.807) is 7.11 Å². The second-order valence-corrected chi connectivity index (χ2v) is 8.67. The molecule has 0 aromatic heterocycles. The minimum Gasteiger partial charge on any atom is -0.497 e. The summed E-state index contributed by atoms with van der Waals surface area (Å²) in [5.74, 6) is 2.52. The molecule has 1 aromatic rings. The Morgan fingerprint density at radius 3 is 2.89 bits per heavy atom. The van der Waals surface area contributed by atoms with Crippen molar-refractivity contribution in [2.75, 3.05) is 44.4 Å². The van der Waals surface area contributed by atoms with Gasteiger partial charge in [-0.3, -0.25) is 4.99 Å². The van der Waals surface area contributed by atoms with Gasteiger partial charge in [-0.1, -0.05) is 6.07 Å². The number of hydrogen-bond acceptors (Lipinski definition) is 4. The molecule has 2 N–H and O–H groups in total. The van der Waals surface area contributed by atoms with E-state index in [9.17, 15) is 0 Å². The summed E-state index contributed by atoms with van der Waals surface area (Å²) in [7, 11) is 1.72. The quantitative estimate of drug-likeness (QED) is 0.325. The van der Waals surface area contributed by atoms with Gasteiger partial charge in [0.05, 0.1) is 7.11 Å². The van der Waals surface area contributed by atoms with Gasteiger partial charge in [-0.2, -0.15) is 11.8 Å². The minimum atomic E-state index is 0. The van der Waals surface area contributed by atoms with E-state index >= 15 is 0 Å². The first-order valence-electron chi connectivity index (χ1n) is 10.2. The maximum absolute atomic E-state index is 5.36. The van der Waals surface area contributed by atoms with Crippen LogP contribution < -0.4 is 20.3 Å². The highest BCUT2D eigenvalue weighted by Gasteiger charge is 2.25. The SMILES string of the molecule is CCNC(=NCC1CCN(c2cccc(OC)c2)C1)NC1CCC(SC)C1.I. The van der Waals surface area contributed by atoms with Crippen molar-refractivity contribution >= 4 is 47.4 Å². The fourth-order valence-corrected chi connectivity index (χ4v) is 4.84. The third-order valence-electron chi connectivity index (χ3n) is 5.61. The summed E-state index contributed by atoms with van der Waals surface area (Å²) < 4.78 is 5.36. The number of benzene rings is 1. The van der Waals surface area contributed by atoms with Crippen LogP contribution in [0, 0.1) is 5.92 Å². The summed E-state index contributed by atoms with van der Waals surface area (Å²) in [6, 6.07) is 8.93. The van der Waals surface area contributed by atoms with E-state index in [-0.39, 0.29) is 24.0 Å². The van der Waals surface area contributed by atoms with Gasteiger partial charge in [0.2, 0.25) is 0 Å². The molecule has 1 heterocycles. The second kappa shape index (κ2) is 12.0. The number of aliphatic imine (C=N–C) groups is 1. The van der Waals surface area contributed by atoms with Gasteiger partial charge >= 0.3 is 0 Å². The number of nitrogens with one attached hydrogen (secondary N) is 2. The van der Waals surface area contributed by atoms with Crippen LogP contribution in [0.2, 0.25) is 0 Å². The Hall–Kier alpha value is -0.830. The molecule has 0 amide bonds. The Labute approximate surface area is 191 Å². The van der Waals surface area contributed by atoms with Gasteiger partial charge in [-0.25, -0.2) is 0 Å². The highest BCUT2D eigenvalue weighted by molar-refractivity contribution is 14.0. The topological polar surface area (TPSA) is 48.9 Å². The third kappa shape index (κ3) is 6.61. The first-order valence-corrected chi connectivity index (χ1v) is 11.5. The molecule has 2 fully saturated rings. The largest absolute Gasteiger partial charge is 0.497 e. The van der Waals surface area contributed by atoms with Crippen LogP contribution in [0.3, 0.4) is 0 Å². The first kappa shape index (κ1) is 23.4. The summed E-state index contributed by atoms with van der Waals surface area (Å²) >= 11 is 2.00. The molecule has 2 aliphatic rings. The van der Waals surface area contributed by atoms with Crippen molar-refractivity contribution in [1.82, 2.24) is 10.6 Å². The molecule has 5 nitrogen and oxygen atoms in total. The number of hydrogen-bond donors (Lipinski definition) is 2. The van der Waals surface area contributed by atoms with Gasteiger partial charge in [0, 0.05) is 49.2 Å². The van der Waals surface area contributed by atoms with Gasteiger partial charge in [0.25, 0.3) is 0 Å². The number of thioether (sulfide) groups is 1. The lowest BCUT2D eigenvalue weighted by atomic mass is 10.1. The Kier molecular flexibility index (Phi) is 10.0. The molecule has 0 spiro atoms. The highest BCUT2D eigenvalue weighted by atomic mass is 127. The zero-order valence-corrected chi connectivity index (χ0v) is 20.5. The van der Waals surface area contributed by atoms with E-state index in [0.29, 0.717) is 12.0 Å². The fourth-order valence-electron chi connectivity index (χ4n) is 4.04. The number of rotatable bonds is 7. The van der Waals surface area contributed by atoms with E-state index in [1.165, 1.54) is 31.4 Å². The summed E-state index contributed by atoms with van der Waals surface area (Å²) in [6.07, 6.45) is 7.23. The predicted octanol–water partition coefficient (Wildman–Crippen LogP) is 3.98. The van der Waals surface area contributed by atoms with Gasteiger partial charge in [0.1, 0.15) is 5.75 Å². The summed E-state index contributed by atoms with van der Waals surface area (Å²) in [5.41, 5.74) is 1.25. The summed E-state index contributed by atoms with van der Waals surface area (Å²) in [6.45, 7) is 6.08. The molecule has 0 bridgehead atoms. The molecule has 1 saturated carbocycles. The van der Waals surface area contributed by atoms with Crippen molar-refractivity contribution in [1.29, 1.82) is 0 Å². The standard InChI is InChI=1S/C21H34N4OS.HI/c1-4-22-21(24-17-8-9-20(12-17)27-3)23-14-16-10-11-25(15-16)18-6-5-7-19(13-18)26-2;/h5-7,13,16-17,20H,4,8-12,14-15H2,1-3H3,(H2,22,23,24);1H. The van der Waals surface area contributed by atoms with Crippen LogP contribution in [0.4, 0.5) is 5.69 Å². The molecule has 1 saturated heterocycles. The van der Waals surface area contributed by atoms with Gasteiger partial charge in [0.15, 0.2) is 5.96 Å². The molecular formula is C21H35IN4OS. The van der Waals surface area contributed by atoms with Gasteiger partial charge < -0.3 is 20.3 Å². The molecule has 158 valence electrons. The smallest absolute Gasteiger partial charge is 0.191 e. The number of nitrogens with zero attached hydrogens (tertiary/aromatic N) is 2. The first-order chi connectivity index (χ1) is 13.2. The lowest BCUT2D eigenvalue weighted by molar-refractivity contribution is 0.415. The Morgan fingerprint density at radius 1 is 1.32 bits per heavy atom. The Balaban J connectivity index is 0.00000280. The van der Waals surface area contributed by atoms with Crippen LogP contribution in [0.1, 0.15) is 32.6 Å². The lowest BCUT2D eigenvalue weighted by Gasteiger charge is -2.20. The average Bonchev–Trinajstić information content (AvgIpc) is 3.36. The normalized spacial score (nSPS) is 24.8. The molecule has 28 heavy (non-hydrogen) atoms. The van der Waals surface area contributed by atoms with Crippen molar-refractivity contribution in [2.45, 2.75) is 43.9 Å². The average molecular weight is 519 g/mol. The molecular weight excluding hydrogens is 483 g/mol. The zero-order chi connectivity index (χ0) is 19.1. The minimum absolute atomic E-state index is 0. The summed E-state index contributed by atoms with van der Waals surface area (Å²) in [5, 5.41) is 7.89. The fraction of sp³-hybridized carbons (Fsp3) is 0.667. The van der Waals surface area contributed by atoms with Crippen LogP contribution in [0.25, 0.3) is 0 Å². The molecule has 7 heteroatoms. The van der Waals surface area contributed by atoms with Crippen LogP contribution in [-0.4, -0.2) is 56.8 Å². The molecule has 1 aliphatic heterocycles. The Morgan fingerprint density at radius 2 is 2.18 bits per heavy atom. The van der Waals surface area contributed by atoms with Crippen molar-refractivity contribution in [3.63, 3.8) is 0 Å². The molecule has 3 unspecified atom stereocenters. The number of halogens is 1. The highest BCUT2D eigenvalue weighted by Crippen LogP contribution is 2.28. The van der Waals surface area contributed by atoms with E-state index in [2.05, 4.69) is 46.9 Å². The maximum Gasteiger partial charge on any atom is 0.191 e. The van der Waals surface area contributed by atoms with Crippen molar-refractivity contribution < 1.29 is 4.74 Å². The van der Waals surface area contributed by atoms with Crippen molar-refractivity contribution in [3.05, 3.63) is 24.3 Å². The van der Waals surface area contributed by atoms with E-state index < -0.39 is 0 Å². The monoisotopic (exact) mass is 518 g/mol. The van der Waals surface area contributed by atoms with Gasteiger partial charge in [-0.15, -0.1) is 24.0 Å². The maximum atomic E-state index is 5.36. The van der Waals surface area contributed by atoms with Gasteiger partial charge in [-0.05, 0) is 56.9 Å². The lowest BCUT2D eigenvalue weighted by Crippen LogP contribution is -2.43. The van der Waals surface area contributed by atoms with E-state index in [0.717, 1.165) is 43.1 Å².